The van der Waals surface area contributed by atoms with Crippen LogP contribution in [0.3, 0.4) is 0 Å². The molecule has 4 heteroatoms. The summed E-state index contributed by atoms with van der Waals surface area (Å²) >= 11 is 3.61. The number of aromatic nitrogens is 2. The van der Waals surface area contributed by atoms with Gasteiger partial charge in [-0.3, -0.25) is 0 Å². The number of rotatable bonds is 6. The molecule has 9 aromatic carbocycles. The van der Waals surface area contributed by atoms with Crippen LogP contribution >= 0.6 is 15.9 Å². The van der Waals surface area contributed by atoms with Crippen molar-refractivity contribution in [3.8, 4) is 33.6 Å². The fourth-order valence-electron chi connectivity index (χ4n) is 8.11. The quantitative estimate of drug-likeness (QED) is 0.178. The molecule has 0 saturated heterocycles. The average molecular weight is 809 g/mol. The molecule has 11 aromatic rings. The largest absolute Gasteiger partial charge is 0.356 e. The number of hydrogen-bond donors (Lipinski definition) is 1. The first-order valence-corrected chi connectivity index (χ1v) is 20.3. The van der Waals surface area contributed by atoms with Crippen LogP contribution in [0.5, 0.6) is 0 Å². The Balaban J connectivity index is 0.000000144. The molecule has 1 N–H and O–H groups in total. The zero-order valence-corrected chi connectivity index (χ0v) is 33.2. The second-order valence-electron chi connectivity index (χ2n) is 14.4. The summed E-state index contributed by atoms with van der Waals surface area (Å²) in [5.74, 6) is 0. The van der Waals surface area contributed by atoms with Crippen LogP contribution in [0.1, 0.15) is 0 Å². The van der Waals surface area contributed by atoms with Crippen molar-refractivity contribution in [1.82, 2.24) is 9.13 Å². The van der Waals surface area contributed by atoms with Crippen molar-refractivity contribution in [3.63, 3.8) is 0 Å². The highest BCUT2D eigenvalue weighted by atomic mass is 79.9. The molecular weight excluding hydrogens is 771 g/mol. The predicted molar refractivity (Wildman–Crippen MR) is 250 cm³/mol. The van der Waals surface area contributed by atoms with Gasteiger partial charge in [-0.25, -0.2) is 0 Å². The SMILES string of the molecule is Brc1ccc2c(c1)c1ccccc1n2-c1ccc(-c2ccccc2)cc1.c1ccc(Nc2ccc3c(c2)c2ccccc2n3-c2ccc(-c3ccccc3)cc2)cc1. The monoisotopic (exact) mass is 807 g/mol. The molecule has 58 heavy (non-hydrogen) atoms. The van der Waals surface area contributed by atoms with Crippen molar-refractivity contribution in [2.24, 2.45) is 0 Å². The van der Waals surface area contributed by atoms with Crippen molar-refractivity contribution in [1.29, 1.82) is 0 Å². The van der Waals surface area contributed by atoms with Gasteiger partial charge in [0, 0.05) is 48.8 Å². The van der Waals surface area contributed by atoms with Gasteiger partial charge in [-0.2, -0.15) is 0 Å². The summed E-state index contributed by atoms with van der Waals surface area (Å²) in [6.07, 6.45) is 0. The number of nitrogens with one attached hydrogen (secondary N) is 1. The van der Waals surface area contributed by atoms with E-state index in [2.05, 4.69) is 231 Å². The van der Waals surface area contributed by atoms with Gasteiger partial charge in [-0.1, -0.05) is 155 Å². The van der Waals surface area contributed by atoms with E-state index in [4.69, 9.17) is 0 Å². The summed E-state index contributed by atoms with van der Waals surface area (Å²) < 4.78 is 5.80. The van der Waals surface area contributed by atoms with Crippen molar-refractivity contribution < 1.29 is 0 Å². The molecule has 0 aliphatic carbocycles. The van der Waals surface area contributed by atoms with Crippen molar-refractivity contribution in [2.45, 2.75) is 0 Å². The average Bonchev–Trinajstić information content (AvgIpc) is 3.80. The second-order valence-corrected chi connectivity index (χ2v) is 15.3. The topological polar surface area (TPSA) is 21.9 Å². The molecule has 11 rings (SSSR count). The number of nitrogens with zero attached hydrogens (tertiary/aromatic N) is 2. The van der Waals surface area contributed by atoms with E-state index in [1.807, 2.05) is 24.3 Å². The van der Waals surface area contributed by atoms with Gasteiger partial charge < -0.3 is 14.5 Å². The molecule has 0 atom stereocenters. The normalized spacial score (nSPS) is 11.2. The lowest BCUT2D eigenvalue weighted by Gasteiger charge is -2.10. The highest BCUT2D eigenvalue weighted by Gasteiger charge is 2.14. The Kier molecular flexibility index (Phi) is 9.38. The van der Waals surface area contributed by atoms with Crippen LogP contribution < -0.4 is 5.32 Å². The van der Waals surface area contributed by atoms with Crippen LogP contribution in [0.2, 0.25) is 0 Å². The maximum atomic E-state index is 3.61. The number of benzene rings is 9. The minimum atomic E-state index is 1.09. The van der Waals surface area contributed by atoms with Crippen LogP contribution in [0, 0.1) is 0 Å². The van der Waals surface area contributed by atoms with Gasteiger partial charge in [0.25, 0.3) is 0 Å². The van der Waals surface area contributed by atoms with Gasteiger partial charge in [0.05, 0.1) is 22.1 Å². The van der Waals surface area contributed by atoms with Crippen LogP contribution in [0.15, 0.2) is 229 Å². The Morgan fingerprint density at radius 3 is 1.21 bits per heavy atom. The number of fused-ring (bicyclic) bond motifs is 6. The summed E-state index contributed by atoms with van der Waals surface area (Å²) in [4.78, 5) is 0. The molecule has 2 heterocycles. The standard InChI is InChI=1S/C30H22N2.C24H16BrN/c1-3-9-22(10-4-1)23-15-18-26(19-16-23)32-29-14-8-7-13-27(29)28-21-25(17-20-30(28)32)31-24-11-5-2-6-12-24;25-19-12-15-24-22(16-19)21-8-4-5-9-23(21)26(24)20-13-10-18(11-14-20)17-6-2-1-3-7-17/h1-21,31H;1-16H. The van der Waals surface area contributed by atoms with Gasteiger partial charge in [-0.15, -0.1) is 0 Å². The molecule has 0 bridgehead atoms. The minimum absolute atomic E-state index is 1.09. The van der Waals surface area contributed by atoms with Crippen molar-refractivity contribution in [3.05, 3.63) is 229 Å². The third-order valence-electron chi connectivity index (χ3n) is 10.8. The lowest BCUT2D eigenvalue weighted by atomic mass is 10.1. The van der Waals surface area contributed by atoms with E-state index in [1.165, 1.54) is 77.2 Å². The van der Waals surface area contributed by atoms with E-state index in [0.29, 0.717) is 0 Å². The molecule has 0 radical (unpaired) electrons. The lowest BCUT2D eigenvalue weighted by Crippen LogP contribution is -1.94. The third kappa shape index (κ3) is 6.74. The Labute approximate surface area is 346 Å². The molecular formula is C54H38BrN3. The Hall–Kier alpha value is -7.14. The summed E-state index contributed by atoms with van der Waals surface area (Å²) in [6, 6.07) is 79.3. The maximum Gasteiger partial charge on any atom is 0.0542 e. The summed E-state index contributed by atoms with van der Waals surface area (Å²) in [7, 11) is 0. The van der Waals surface area contributed by atoms with E-state index in [0.717, 1.165) is 15.8 Å². The lowest BCUT2D eigenvalue weighted by molar-refractivity contribution is 1.18. The number of anilines is 2. The zero-order chi connectivity index (χ0) is 38.8. The van der Waals surface area contributed by atoms with E-state index >= 15 is 0 Å². The molecule has 0 amide bonds. The highest BCUT2D eigenvalue weighted by Crippen LogP contribution is 2.36. The van der Waals surface area contributed by atoms with E-state index in [9.17, 15) is 0 Å². The van der Waals surface area contributed by atoms with Crippen molar-refractivity contribution >= 4 is 70.9 Å². The molecule has 0 aliphatic rings. The first kappa shape index (κ1) is 35.3. The molecule has 276 valence electrons. The number of para-hydroxylation sites is 3. The highest BCUT2D eigenvalue weighted by molar-refractivity contribution is 9.10. The molecule has 0 saturated carbocycles. The molecule has 2 aromatic heterocycles. The van der Waals surface area contributed by atoms with Gasteiger partial charge in [0.1, 0.15) is 0 Å². The van der Waals surface area contributed by atoms with E-state index in [-0.39, 0.29) is 0 Å². The smallest absolute Gasteiger partial charge is 0.0542 e. The Bertz CT molecular complexity index is 3170. The fraction of sp³-hybridized carbons (Fsp3) is 0. The van der Waals surface area contributed by atoms with Gasteiger partial charge in [0.15, 0.2) is 0 Å². The van der Waals surface area contributed by atoms with Crippen LogP contribution in [0.4, 0.5) is 11.4 Å². The molecule has 0 spiro atoms. The number of halogens is 1. The van der Waals surface area contributed by atoms with Crippen LogP contribution in [-0.4, -0.2) is 9.13 Å². The van der Waals surface area contributed by atoms with E-state index in [1.54, 1.807) is 0 Å². The van der Waals surface area contributed by atoms with Gasteiger partial charge >= 0.3 is 0 Å². The summed E-state index contributed by atoms with van der Waals surface area (Å²) in [6.45, 7) is 0. The van der Waals surface area contributed by atoms with E-state index < -0.39 is 0 Å². The molecule has 0 unspecified atom stereocenters. The first-order valence-electron chi connectivity index (χ1n) is 19.5. The van der Waals surface area contributed by atoms with Crippen molar-refractivity contribution in [2.75, 3.05) is 5.32 Å². The molecule has 3 nitrogen and oxygen atoms in total. The van der Waals surface area contributed by atoms with Crippen LogP contribution in [-0.2, 0) is 0 Å². The number of hydrogen-bond acceptors (Lipinski definition) is 1. The predicted octanol–water partition coefficient (Wildman–Crippen LogP) is 15.4. The van der Waals surface area contributed by atoms with Gasteiger partial charge in [0.2, 0.25) is 0 Å². The minimum Gasteiger partial charge on any atom is -0.356 e. The third-order valence-corrected chi connectivity index (χ3v) is 11.3. The van der Waals surface area contributed by atoms with Gasteiger partial charge in [-0.05, 0) is 107 Å². The molecule has 0 aliphatic heterocycles. The zero-order valence-electron chi connectivity index (χ0n) is 31.6. The summed E-state index contributed by atoms with van der Waals surface area (Å²) in [5.41, 5.74) is 14.3. The Morgan fingerprint density at radius 1 is 0.293 bits per heavy atom. The molecule has 0 fully saturated rings. The first-order chi connectivity index (χ1) is 28.7. The Morgan fingerprint density at radius 2 is 0.690 bits per heavy atom. The van der Waals surface area contributed by atoms with Crippen LogP contribution in [0.25, 0.3) is 77.2 Å². The second kappa shape index (κ2) is 15.4. The summed E-state index contributed by atoms with van der Waals surface area (Å²) in [5, 5.41) is 8.57. The maximum absolute atomic E-state index is 3.61. The fourth-order valence-corrected chi connectivity index (χ4v) is 8.47.